The minimum absolute atomic E-state index is 0.00303. The van der Waals surface area contributed by atoms with Gasteiger partial charge in [-0.1, -0.05) is 11.6 Å². The highest BCUT2D eigenvalue weighted by atomic mass is 35.5. The third-order valence-electron chi connectivity index (χ3n) is 3.26. The first-order valence-corrected chi connectivity index (χ1v) is 6.62. The zero-order chi connectivity index (χ0) is 16.9. The number of halogens is 4. The molecule has 3 N–H and O–H groups in total. The van der Waals surface area contributed by atoms with Crippen molar-refractivity contribution in [3.05, 3.63) is 28.9 Å². The molecule has 2 heterocycles. The fourth-order valence-corrected chi connectivity index (χ4v) is 2.56. The third kappa shape index (κ3) is 2.42. The standard InChI is InChI=1S/C13H9ClF3N5O/c1-22-11-6(4-19-12(18)20-11)10(21-22)5-2-3-7(23)9(14)8(5)13(15,16)17/h2-4,23H,1H3,(H2,18,19,20). The van der Waals surface area contributed by atoms with Gasteiger partial charge in [0.05, 0.1) is 16.0 Å². The molecule has 0 saturated carbocycles. The van der Waals surface area contributed by atoms with Crippen LogP contribution < -0.4 is 5.73 Å². The van der Waals surface area contributed by atoms with Gasteiger partial charge < -0.3 is 10.8 Å². The largest absolute Gasteiger partial charge is 0.506 e. The van der Waals surface area contributed by atoms with Gasteiger partial charge in [0.15, 0.2) is 5.65 Å². The minimum atomic E-state index is -4.77. The quantitative estimate of drug-likeness (QED) is 0.709. The number of rotatable bonds is 1. The number of aromatic nitrogens is 4. The van der Waals surface area contributed by atoms with Crippen molar-refractivity contribution in [2.45, 2.75) is 6.18 Å². The molecule has 10 heteroatoms. The molecule has 0 radical (unpaired) electrons. The molecule has 23 heavy (non-hydrogen) atoms. The van der Waals surface area contributed by atoms with Crippen molar-refractivity contribution in [3.63, 3.8) is 0 Å². The molecule has 0 fully saturated rings. The summed E-state index contributed by atoms with van der Waals surface area (Å²) in [6, 6.07) is 2.17. The number of hydrogen-bond acceptors (Lipinski definition) is 5. The second-order valence-electron chi connectivity index (χ2n) is 4.76. The van der Waals surface area contributed by atoms with Crippen molar-refractivity contribution >= 4 is 28.6 Å². The maximum absolute atomic E-state index is 13.4. The summed E-state index contributed by atoms with van der Waals surface area (Å²) in [5.41, 5.74) is 4.32. The first-order chi connectivity index (χ1) is 10.7. The molecule has 0 aliphatic rings. The van der Waals surface area contributed by atoms with Crippen LogP contribution >= 0.6 is 11.6 Å². The van der Waals surface area contributed by atoms with E-state index in [1.54, 1.807) is 0 Å². The normalized spacial score (nSPS) is 12.0. The van der Waals surface area contributed by atoms with Crippen LogP contribution in [0.5, 0.6) is 5.75 Å². The van der Waals surface area contributed by atoms with E-state index in [4.69, 9.17) is 17.3 Å². The highest BCUT2D eigenvalue weighted by Gasteiger charge is 2.38. The lowest BCUT2D eigenvalue weighted by Gasteiger charge is -2.14. The van der Waals surface area contributed by atoms with E-state index in [0.717, 1.165) is 12.1 Å². The van der Waals surface area contributed by atoms with Crippen molar-refractivity contribution in [2.75, 3.05) is 5.73 Å². The molecule has 2 aromatic heterocycles. The van der Waals surface area contributed by atoms with Crippen LogP contribution in [0.1, 0.15) is 5.56 Å². The molecular weight excluding hydrogens is 335 g/mol. The Morgan fingerprint density at radius 3 is 2.65 bits per heavy atom. The topological polar surface area (TPSA) is 89.8 Å². The predicted molar refractivity (Wildman–Crippen MR) is 77.8 cm³/mol. The van der Waals surface area contributed by atoms with E-state index < -0.39 is 22.5 Å². The Hall–Kier alpha value is -2.55. The highest BCUT2D eigenvalue weighted by molar-refractivity contribution is 6.33. The number of aryl methyl sites for hydroxylation is 1. The Labute approximate surface area is 132 Å². The van der Waals surface area contributed by atoms with E-state index in [9.17, 15) is 18.3 Å². The molecule has 1 aromatic carbocycles. The molecule has 3 rings (SSSR count). The van der Waals surface area contributed by atoms with E-state index >= 15 is 0 Å². The van der Waals surface area contributed by atoms with Crippen LogP contribution in [0.4, 0.5) is 19.1 Å². The zero-order valence-electron chi connectivity index (χ0n) is 11.6. The second kappa shape index (κ2) is 4.98. The van der Waals surface area contributed by atoms with Crippen molar-refractivity contribution in [1.29, 1.82) is 0 Å². The SMILES string of the molecule is Cn1nc(-c2ccc(O)c(Cl)c2C(F)(F)F)c2cnc(N)nc21. The first kappa shape index (κ1) is 15.3. The number of phenolic OH excluding ortho intramolecular Hbond substituents is 1. The summed E-state index contributed by atoms with van der Waals surface area (Å²) in [7, 11) is 1.52. The Balaban J connectivity index is 2.39. The summed E-state index contributed by atoms with van der Waals surface area (Å²) in [5, 5.41) is 13.1. The zero-order valence-corrected chi connectivity index (χ0v) is 12.3. The minimum Gasteiger partial charge on any atom is -0.506 e. The number of aromatic hydroxyl groups is 1. The molecule has 0 amide bonds. The lowest BCUT2D eigenvalue weighted by molar-refractivity contribution is -0.137. The third-order valence-corrected chi connectivity index (χ3v) is 3.64. The Morgan fingerprint density at radius 1 is 1.30 bits per heavy atom. The smallest absolute Gasteiger partial charge is 0.418 e. The maximum atomic E-state index is 13.4. The van der Waals surface area contributed by atoms with E-state index in [0.29, 0.717) is 0 Å². The fraction of sp³-hybridized carbons (Fsp3) is 0.154. The van der Waals surface area contributed by atoms with Gasteiger partial charge >= 0.3 is 6.18 Å². The van der Waals surface area contributed by atoms with Gasteiger partial charge in [-0.3, -0.25) is 0 Å². The van der Waals surface area contributed by atoms with Crippen LogP contribution in [-0.4, -0.2) is 24.9 Å². The van der Waals surface area contributed by atoms with E-state index in [2.05, 4.69) is 15.1 Å². The van der Waals surface area contributed by atoms with Crippen molar-refractivity contribution in [2.24, 2.45) is 7.05 Å². The van der Waals surface area contributed by atoms with E-state index in [1.165, 1.54) is 17.9 Å². The van der Waals surface area contributed by atoms with Crippen LogP contribution in [0.15, 0.2) is 18.3 Å². The number of fused-ring (bicyclic) bond motifs is 1. The van der Waals surface area contributed by atoms with Crippen molar-refractivity contribution < 1.29 is 18.3 Å². The number of nitrogen functional groups attached to an aromatic ring is 1. The molecule has 0 bridgehead atoms. The number of nitrogens with zero attached hydrogens (tertiary/aromatic N) is 4. The molecule has 120 valence electrons. The maximum Gasteiger partial charge on any atom is 0.418 e. The Bertz CT molecular complexity index is 922. The van der Waals surface area contributed by atoms with Crippen LogP contribution in [0.3, 0.4) is 0 Å². The van der Waals surface area contributed by atoms with Crippen LogP contribution in [0.25, 0.3) is 22.3 Å². The summed E-state index contributed by atoms with van der Waals surface area (Å²) in [6.07, 6.45) is -3.48. The second-order valence-corrected chi connectivity index (χ2v) is 5.13. The summed E-state index contributed by atoms with van der Waals surface area (Å²) in [4.78, 5) is 7.75. The first-order valence-electron chi connectivity index (χ1n) is 6.24. The number of nitrogens with two attached hydrogens (primary N) is 1. The molecule has 0 saturated heterocycles. The van der Waals surface area contributed by atoms with Gasteiger partial charge in [0, 0.05) is 18.8 Å². The number of alkyl halides is 3. The summed E-state index contributed by atoms with van der Waals surface area (Å²) >= 11 is 5.66. The average Bonchev–Trinajstić information content (AvgIpc) is 2.77. The molecule has 0 aliphatic carbocycles. The van der Waals surface area contributed by atoms with Gasteiger partial charge in [-0.05, 0) is 12.1 Å². The molecule has 6 nitrogen and oxygen atoms in total. The average molecular weight is 344 g/mol. The molecule has 0 spiro atoms. The lowest BCUT2D eigenvalue weighted by Crippen LogP contribution is -2.08. The van der Waals surface area contributed by atoms with Gasteiger partial charge in [-0.2, -0.15) is 23.3 Å². The molecule has 0 aliphatic heterocycles. The molecule has 3 aromatic rings. The number of benzene rings is 1. The molecule has 0 atom stereocenters. The van der Waals surface area contributed by atoms with Gasteiger partial charge in [0.2, 0.25) is 5.95 Å². The van der Waals surface area contributed by atoms with Crippen LogP contribution in [0.2, 0.25) is 5.02 Å². The molecular formula is C13H9ClF3N5O. The van der Waals surface area contributed by atoms with Gasteiger partial charge in [-0.15, -0.1) is 0 Å². The summed E-state index contributed by atoms with van der Waals surface area (Å²) in [6.45, 7) is 0. The monoisotopic (exact) mass is 343 g/mol. The van der Waals surface area contributed by atoms with Crippen molar-refractivity contribution in [1.82, 2.24) is 19.7 Å². The van der Waals surface area contributed by atoms with Gasteiger partial charge in [0.25, 0.3) is 0 Å². The number of hydrogen-bond donors (Lipinski definition) is 2. The Kier molecular flexibility index (Phi) is 3.33. The van der Waals surface area contributed by atoms with Gasteiger partial charge in [-0.25, -0.2) is 9.67 Å². The Morgan fingerprint density at radius 2 is 2.00 bits per heavy atom. The highest BCUT2D eigenvalue weighted by Crippen LogP contribution is 2.45. The fourth-order valence-electron chi connectivity index (χ4n) is 2.29. The van der Waals surface area contributed by atoms with Crippen LogP contribution in [-0.2, 0) is 13.2 Å². The van der Waals surface area contributed by atoms with Gasteiger partial charge in [0.1, 0.15) is 11.4 Å². The van der Waals surface area contributed by atoms with Crippen molar-refractivity contribution in [3.8, 4) is 17.0 Å². The lowest BCUT2D eigenvalue weighted by atomic mass is 10.0. The van der Waals surface area contributed by atoms with E-state index in [-0.39, 0.29) is 28.2 Å². The van der Waals surface area contributed by atoms with Crippen LogP contribution in [0, 0.1) is 0 Å². The summed E-state index contributed by atoms with van der Waals surface area (Å²) in [5.74, 6) is -0.685. The number of phenols is 1. The number of anilines is 1. The summed E-state index contributed by atoms with van der Waals surface area (Å²) < 4.78 is 41.4. The van der Waals surface area contributed by atoms with E-state index in [1.807, 2.05) is 0 Å². The molecule has 0 unspecified atom stereocenters. The predicted octanol–water partition coefficient (Wildman–Crippen LogP) is 2.99.